The van der Waals surface area contributed by atoms with Crippen LogP contribution in [0.5, 0.6) is 0 Å². The number of rotatable bonds is 4. The lowest BCUT2D eigenvalue weighted by Crippen LogP contribution is -2.26. The van der Waals surface area contributed by atoms with E-state index in [1.807, 2.05) is 0 Å². The molecule has 0 saturated heterocycles. The van der Waals surface area contributed by atoms with Gasteiger partial charge in [-0.05, 0) is 25.0 Å². The van der Waals surface area contributed by atoms with Crippen LogP contribution in [0.3, 0.4) is 0 Å². The first kappa shape index (κ1) is 12.9. The Morgan fingerprint density at radius 2 is 1.94 bits per heavy atom. The van der Waals surface area contributed by atoms with Crippen LogP contribution >= 0.6 is 0 Å². The average Bonchev–Trinajstić information content (AvgIpc) is 3.08. The quantitative estimate of drug-likeness (QED) is 0.776. The van der Waals surface area contributed by atoms with Gasteiger partial charge in [0.05, 0.1) is 17.7 Å². The van der Waals surface area contributed by atoms with Crippen LogP contribution in [0.25, 0.3) is 0 Å². The highest BCUT2D eigenvalue weighted by Crippen LogP contribution is 2.39. The molecule has 0 amide bonds. The summed E-state index contributed by atoms with van der Waals surface area (Å²) in [7, 11) is 1.51. The minimum absolute atomic E-state index is 0.111. The Labute approximate surface area is 102 Å². The molecule has 1 aromatic rings. The smallest absolute Gasteiger partial charge is 0.394 e. The van der Waals surface area contributed by atoms with E-state index in [2.05, 4.69) is 15.6 Å². The normalized spacial score (nSPS) is 17.4. The maximum Gasteiger partial charge on any atom is 0.416 e. The Kier molecular flexibility index (Phi) is 3.10. The van der Waals surface area contributed by atoms with E-state index in [0.29, 0.717) is 0 Å². The first-order chi connectivity index (χ1) is 8.38. The molecule has 7 heteroatoms. The van der Waals surface area contributed by atoms with Crippen LogP contribution in [-0.2, 0) is 6.18 Å². The van der Waals surface area contributed by atoms with Gasteiger partial charge in [-0.3, -0.25) is 0 Å². The molecule has 0 bridgehead atoms. The Morgan fingerprint density at radius 1 is 1.33 bits per heavy atom. The zero-order valence-corrected chi connectivity index (χ0v) is 9.80. The van der Waals surface area contributed by atoms with Gasteiger partial charge in [-0.15, -0.1) is 0 Å². The molecule has 18 heavy (non-hydrogen) atoms. The number of pyridine rings is 1. The minimum Gasteiger partial charge on any atom is -0.394 e. The molecule has 1 saturated carbocycles. The number of hydrogen-bond acceptors (Lipinski definition) is 4. The molecule has 3 N–H and O–H groups in total. The first-order valence-electron chi connectivity index (χ1n) is 5.55. The van der Waals surface area contributed by atoms with E-state index < -0.39 is 17.3 Å². The number of alkyl halides is 3. The van der Waals surface area contributed by atoms with Crippen LogP contribution in [0.4, 0.5) is 24.8 Å². The van der Waals surface area contributed by atoms with Gasteiger partial charge in [0.25, 0.3) is 0 Å². The van der Waals surface area contributed by atoms with Crippen LogP contribution in [0, 0.1) is 0 Å². The zero-order valence-electron chi connectivity index (χ0n) is 9.80. The van der Waals surface area contributed by atoms with Crippen LogP contribution in [0.1, 0.15) is 18.4 Å². The van der Waals surface area contributed by atoms with Crippen LogP contribution in [0.15, 0.2) is 12.1 Å². The van der Waals surface area contributed by atoms with Gasteiger partial charge in [-0.25, -0.2) is 4.98 Å². The molecule has 1 heterocycles. The van der Waals surface area contributed by atoms with Crippen molar-refractivity contribution in [3.05, 3.63) is 17.7 Å². The molecule has 0 unspecified atom stereocenters. The summed E-state index contributed by atoms with van der Waals surface area (Å²) in [4.78, 5) is 4.01. The van der Waals surface area contributed by atoms with Crippen molar-refractivity contribution in [3.8, 4) is 0 Å². The van der Waals surface area contributed by atoms with E-state index in [9.17, 15) is 13.2 Å². The summed E-state index contributed by atoms with van der Waals surface area (Å²) < 4.78 is 38.0. The molecular weight excluding hydrogens is 247 g/mol. The maximum atomic E-state index is 12.7. The average molecular weight is 261 g/mol. The van der Waals surface area contributed by atoms with Crippen molar-refractivity contribution in [2.45, 2.75) is 24.6 Å². The molecule has 0 spiro atoms. The highest BCUT2D eigenvalue weighted by Gasteiger charge is 2.42. The van der Waals surface area contributed by atoms with Crippen molar-refractivity contribution in [2.75, 3.05) is 24.3 Å². The van der Waals surface area contributed by atoms with Gasteiger partial charge in [-0.1, -0.05) is 0 Å². The SMILES string of the molecule is CNc1cc(C(F)(F)F)cc(NC2(CO)CC2)n1. The third-order valence-corrected chi connectivity index (χ3v) is 2.96. The second-order valence-electron chi connectivity index (χ2n) is 4.44. The van der Waals surface area contributed by atoms with Gasteiger partial charge in [0.15, 0.2) is 0 Å². The second-order valence-corrected chi connectivity index (χ2v) is 4.44. The topological polar surface area (TPSA) is 57.2 Å². The monoisotopic (exact) mass is 261 g/mol. The summed E-state index contributed by atoms with van der Waals surface area (Å²) in [5, 5.41) is 14.6. The lowest BCUT2D eigenvalue weighted by atomic mass is 10.2. The summed E-state index contributed by atoms with van der Waals surface area (Å²) in [6.07, 6.45) is -2.95. The molecule has 0 aromatic carbocycles. The Hall–Kier alpha value is -1.50. The molecule has 1 aliphatic carbocycles. The Balaban J connectivity index is 2.29. The number of anilines is 2. The number of aliphatic hydroxyl groups is 1. The predicted octanol–water partition coefficient (Wildman–Crippen LogP) is 2.08. The number of nitrogens with zero attached hydrogens (tertiary/aromatic N) is 1. The first-order valence-corrected chi connectivity index (χ1v) is 5.55. The molecule has 1 aliphatic rings. The highest BCUT2D eigenvalue weighted by atomic mass is 19.4. The Bertz CT molecular complexity index is 444. The Morgan fingerprint density at radius 3 is 2.39 bits per heavy atom. The predicted molar refractivity (Wildman–Crippen MR) is 61.5 cm³/mol. The molecule has 0 atom stereocenters. The largest absolute Gasteiger partial charge is 0.416 e. The standard InChI is InChI=1S/C11H14F3N3O/c1-15-8-4-7(11(12,13)14)5-9(16-8)17-10(6-18)2-3-10/h4-5,18H,2-3,6H2,1H3,(H2,15,16,17). The lowest BCUT2D eigenvalue weighted by Gasteiger charge is -2.17. The number of halogens is 3. The third-order valence-electron chi connectivity index (χ3n) is 2.96. The molecule has 1 aromatic heterocycles. The number of hydrogen-bond donors (Lipinski definition) is 3. The fourth-order valence-corrected chi connectivity index (χ4v) is 1.63. The molecule has 100 valence electrons. The van der Waals surface area contributed by atoms with Gasteiger partial charge in [0.1, 0.15) is 11.6 Å². The van der Waals surface area contributed by atoms with Crippen molar-refractivity contribution < 1.29 is 18.3 Å². The van der Waals surface area contributed by atoms with E-state index in [0.717, 1.165) is 25.0 Å². The third kappa shape index (κ3) is 2.66. The van der Waals surface area contributed by atoms with Crippen LogP contribution in [-0.4, -0.2) is 29.3 Å². The van der Waals surface area contributed by atoms with Crippen molar-refractivity contribution >= 4 is 11.6 Å². The summed E-state index contributed by atoms with van der Waals surface area (Å²) in [5.41, 5.74) is -1.26. The molecule has 4 nitrogen and oxygen atoms in total. The van der Waals surface area contributed by atoms with Gasteiger partial charge < -0.3 is 15.7 Å². The zero-order chi connectivity index (χ0) is 13.4. The van der Waals surface area contributed by atoms with Crippen molar-refractivity contribution in [2.24, 2.45) is 0 Å². The molecule has 1 fully saturated rings. The fraction of sp³-hybridized carbons (Fsp3) is 0.545. The number of aromatic nitrogens is 1. The van der Waals surface area contributed by atoms with Gasteiger partial charge >= 0.3 is 6.18 Å². The molecule has 2 rings (SSSR count). The number of nitrogens with one attached hydrogen (secondary N) is 2. The summed E-state index contributed by atoms with van der Waals surface area (Å²) in [6, 6.07) is 1.90. The second kappa shape index (κ2) is 4.31. The van der Waals surface area contributed by atoms with Crippen LogP contribution < -0.4 is 10.6 Å². The van der Waals surface area contributed by atoms with E-state index >= 15 is 0 Å². The number of aliphatic hydroxyl groups excluding tert-OH is 1. The maximum absolute atomic E-state index is 12.7. The lowest BCUT2D eigenvalue weighted by molar-refractivity contribution is -0.137. The van der Waals surface area contributed by atoms with Gasteiger partial charge in [0, 0.05) is 7.05 Å². The molecular formula is C11H14F3N3O. The minimum atomic E-state index is -4.42. The van der Waals surface area contributed by atoms with Crippen LogP contribution in [0.2, 0.25) is 0 Å². The van der Waals surface area contributed by atoms with E-state index in [1.54, 1.807) is 0 Å². The highest BCUT2D eigenvalue weighted by molar-refractivity contribution is 5.51. The summed E-state index contributed by atoms with van der Waals surface area (Å²) in [5.74, 6) is 0.266. The van der Waals surface area contributed by atoms with Crippen molar-refractivity contribution in [1.82, 2.24) is 4.98 Å². The van der Waals surface area contributed by atoms with E-state index in [1.165, 1.54) is 7.05 Å². The van der Waals surface area contributed by atoms with Gasteiger partial charge in [-0.2, -0.15) is 13.2 Å². The fourth-order valence-electron chi connectivity index (χ4n) is 1.63. The van der Waals surface area contributed by atoms with E-state index in [4.69, 9.17) is 5.11 Å². The summed E-state index contributed by atoms with van der Waals surface area (Å²) in [6.45, 7) is -0.111. The van der Waals surface area contributed by atoms with Crippen molar-refractivity contribution in [1.29, 1.82) is 0 Å². The van der Waals surface area contributed by atoms with Crippen molar-refractivity contribution in [3.63, 3.8) is 0 Å². The molecule has 0 aliphatic heterocycles. The summed E-state index contributed by atoms with van der Waals surface area (Å²) >= 11 is 0. The molecule has 0 radical (unpaired) electrons. The van der Waals surface area contributed by atoms with E-state index in [-0.39, 0.29) is 18.2 Å². The van der Waals surface area contributed by atoms with Gasteiger partial charge in [0.2, 0.25) is 0 Å².